The number of aromatic nitrogens is 2. The van der Waals surface area contributed by atoms with Crippen LogP contribution in [0.25, 0.3) is 0 Å². The van der Waals surface area contributed by atoms with Crippen LogP contribution in [0.3, 0.4) is 0 Å². The Hall–Kier alpha value is -1.89. The summed E-state index contributed by atoms with van der Waals surface area (Å²) in [5, 5.41) is 0. The zero-order chi connectivity index (χ0) is 19.6. The number of amides is 1. The van der Waals surface area contributed by atoms with Gasteiger partial charge < -0.3 is 19.4 Å². The van der Waals surface area contributed by atoms with Crippen molar-refractivity contribution in [2.45, 2.75) is 39.5 Å². The molecule has 0 aromatic carbocycles. The van der Waals surface area contributed by atoms with E-state index in [1.807, 2.05) is 23.9 Å². The third-order valence-corrected chi connectivity index (χ3v) is 6.03. The lowest BCUT2D eigenvalue weighted by atomic mass is 9.73. The summed E-state index contributed by atoms with van der Waals surface area (Å²) in [5.41, 5.74) is 2.34. The molecule has 0 saturated carbocycles. The van der Waals surface area contributed by atoms with Gasteiger partial charge in [-0.25, -0.2) is 4.98 Å². The molecule has 2 aliphatic heterocycles. The Bertz CT molecular complexity index is 693. The van der Waals surface area contributed by atoms with Gasteiger partial charge >= 0.3 is 0 Å². The van der Waals surface area contributed by atoms with Gasteiger partial charge in [-0.05, 0) is 33.1 Å². The number of aryl methyl sites for hydroxylation is 1. The quantitative estimate of drug-likeness (QED) is 0.785. The highest BCUT2D eigenvalue weighted by molar-refractivity contribution is 5.77. The topological polar surface area (TPSA) is 61.8 Å². The number of carbonyl (C=O) groups excluding carboxylic acids is 1. The monoisotopic (exact) mass is 375 g/mol. The molecule has 2 saturated heterocycles. The van der Waals surface area contributed by atoms with E-state index in [0.717, 1.165) is 55.5 Å². The molecule has 1 aromatic rings. The molecule has 0 N–H and O–H groups in total. The maximum Gasteiger partial charge on any atom is 0.227 e. The second-order valence-electron chi connectivity index (χ2n) is 8.29. The zero-order valence-corrected chi connectivity index (χ0v) is 17.4. The number of hydrogen-bond acceptors (Lipinski definition) is 6. The van der Waals surface area contributed by atoms with Gasteiger partial charge in [0, 0.05) is 70.5 Å². The summed E-state index contributed by atoms with van der Waals surface area (Å²) in [7, 11) is 5.65. The van der Waals surface area contributed by atoms with Crippen molar-refractivity contribution in [1.82, 2.24) is 14.9 Å². The number of carbonyl (C=O) groups is 1. The van der Waals surface area contributed by atoms with Gasteiger partial charge in [0.25, 0.3) is 0 Å². The van der Waals surface area contributed by atoms with Crippen LogP contribution in [0, 0.1) is 19.3 Å². The van der Waals surface area contributed by atoms with Gasteiger partial charge in [0.1, 0.15) is 5.82 Å². The van der Waals surface area contributed by atoms with E-state index >= 15 is 0 Å². The van der Waals surface area contributed by atoms with Gasteiger partial charge in [0.15, 0.2) is 0 Å². The number of piperidine rings is 2. The first-order chi connectivity index (χ1) is 12.8. The van der Waals surface area contributed by atoms with Crippen LogP contribution in [0.1, 0.15) is 36.9 Å². The minimum Gasteiger partial charge on any atom is -0.383 e. The maximum atomic E-state index is 12.3. The average molecular weight is 376 g/mol. The normalized spacial score (nSPS) is 23.2. The Morgan fingerprint density at radius 3 is 2.67 bits per heavy atom. The second kappa shape index (κ2) is 8.00. The van der Waals surface area contributed by atoms with Crippen LogP contribution in [0.5, 0.6) is 0 Å². The molecular weight excluding hydrogens is 342 g/mol. The predicted octanol–water partition coefficient (Wildman–Crippen LogP) is 2.01. The molecule has 1 spiro atoms. The molecule has 7 nitrogen and oxygen atoms in total. The molecule has 1 atom stereocenters. The molecule has 2 aliphatic rings. The van der Waals surface area contributed by atoms with Crippen molar-refractivity contribution in [2.24, 2.45) is 5.41 Å². The number of methoxy groups -OCH3 is 1. The summed E-state index contributed by atoms with van der Waals surface area (Å²) in [6, 6.07) is 0. The van der Waals surface area contributed by atoms with E-state index in [-0.39, 0.29) is 11.3 Å². The summed E-state index contributed by atoms with van der Waals surface area (Å²) in [6.45, 7) is 8.25. The maximum absolute atomic E-state index is 12.3. The summed E-state index contributed by atoms with van der Waals surface area (Å²) < 4.78 is 5.20. The lowest BCUT2D eigenvalue weighted by Gasteiger charge is -2.48. The molecule has 0 unspecified atom stereocenters. The van der Waals surface area contributed by atoms with Crippen LogP contribution in [-0.4, -0.2) is 74.8 Å². The van der Waals surface area contributed by atoms with E-state index < -0.39 is 0 Å². The third kappa shape index (κ3) is 4.18. The Labute approximate surface area is 162 Å². The van der Waals surface area contributed by atoms with Gasteiger partial charge in [-0.1, -0.05) is 0 Å². The second-order valence-corrected chi connectivity index (χ2v) is 8.29. The number of nitrogens with zero attached hydrogens (tertiary/aromatic N) is 5. The fourth-order valence-electron chi connectivity index (χ4n) is 4.34. The number of rotatable bonds is 5. The molecule has 1 amide bonds. The first-order valence-corrected chi connectivity index (χ1v) is 9.89. The van der Waals surface area contributed by atoms with Gasteiger partial charge in [-0.2, -0.15) is 4.98 Å². The SMILES string of the molecule is COCCN1C[C@]2(CCCN(c3nc(N(C)C)nc(C)c3C)C2)CCC1=O. The molecule has 3 rings (SSSR count). The van der Waals surface area contributed by atoms with Crippen molar-refractivity contribution in [3.8, 4) is 0 Å². The fraction of sp³-hybridized carbons (Fsp3) is 0.750. The molecule has 0 aliphatic carbocycles. The van der Waals surface area contributed by atoms with Crippen molar-refractivity contribution in [2.75, 3.05) is 63.8 Å². The molecule has 3 heterocycles. The van der Waals surface area contributed by atoms with E-state index in [1.54, 1.807) is 7.11 Å². The minimum atomic E-state index is 0.156. The minimum absolute atomic E-state index is 0.156. The van der Waals surface area contributed by atoms with Crippen LogP contribution < -0.4 is 9.80 Å². The summed E-state index contributed by atoms with van der Waals surface area (Å²) in [4.78, 5) is 28.2. The molecule has 7 heteroatoms. The molecular formula is C20H33N5O2. The van der Waals surface area contributed by atoms with Crippen LogP contribution in [0.4, 0.5) is 11.8 Å². The molecule has 0 bridgehead atoms. The third-order valence-electron chi connectivity index (χ3n) is 6.03. The van der Waals surface area contributed by atoms with E-state index in [2.05, 4.69) is 23.7 Å². The Morgan fingerprint density at radius 1 is 1.19 bits per heavy atom. The fourth-order valence-corrected chi connectivity index (χ4v) is 4.34. The standard InChI is InChI=1S/C20H33N5O2/c1-15-16(2)21-19(23(3)4)22-18(15)25-10-6-8-20(14-25)9-7-17(26)24(13-20)11-12-27-5/h6-14H2,1-5H3/t20-/m0/s1. The smallest absolute Gasteiger partial charge is 0.227 e. The van der Waals surface area contributed by atoms with Crippen molar-refractivity contribution in [3.63, 3.8) is 0 Å². The number of ether oxygens (including phenoxy) is 1. The molecule has 27 heavy (non-hydrogen) atoms. The highest BCUT2D eigenvalue weighted by Crippen LogP contribution is 2.40. The highest BCUT2D eigenvalue weighted by Gasteiger charge is 2.42. The lowest BCUT2D eigenvalue weighted by Crippen LogP contribution is -2.55. The molecule has 150 valence electrons. The van der Waals surface area contributed by atoms with E-state index in [1.165, 1.54) is 6.42 Å². The van der Waals surface area contributed by atoms with Crippen LogP contribution in [-0.2, 0) is 9.53 Å². The van der Waals surface area contributed by atoms with Crippen molar-refractivity contribution >= 4 is 17.7 Å². The first-order valence-electron chi connectivity index (χ1n) is 9.89. The van der Waals surface area contributed by atoms with Gasteiger partial charge in [0.05, 0.1) is 6.61 Å². The average Bonchev–Trinajstić information content (AvgIpc) is 2.64. The van der Waals surface area contributed by atoms with E-state index in [4.69, 9.17) is 9.72 Å². The van der Waals surface area contributed by atoms with Crippen molar-refractivity contribution in [1.29, 1.82) is 0 Å². The molecule has 1 aromatic heterocycles. The number of anilines is 2. The Kier molecular flexibility index (Phi) is 5.89. The van der Waals surface area contributed by atoms with Gasteiger partial charge in [0.2, 0.25) is 11.9 Å². The van der Waals surface area contributed by atoms with Crippen LogP contribution in [0.2, 0.25) is 0 Å². The van der Waals surface area contributed by atoms with E-state index in [9.17, 15) is 4.79 Å². The van der Waals surface area contributed by atoms with Crippen LogP contribution in [0.15, 0.2) is 0 Å². The number of hydrogen-bond donors (Lipinski definition) is 0. The molecule has 2 fully saturated rings. The molecule has 0 radical (unpaired) electrons. The Balaban J connectivity index is 1.83. The van der Waals surface area contributed by atoms with Gasteiger partial charge in [-0.15, -0.1) is 0 Å². The van der Waals surface area contributed by atoms with Crippen LogP contribution >= 0.6 is 0 Å². The van der Waals surface area contributed by atoms with Crippen molar-refractivity contribution < 1.29 is 9.53 Å². The van der Waals surface area contributed by atoms with Gasteiger partial charge in [-0.3, -0.25) is 4.79 Å². The largest absolute Gasteiger partial charge is 0.383 e. The summed E-state index contributed by atoms with van der Waals surface area (Å²) in [5.74, 6) is 2.07. The summed E-state index contributed by atoms with van der Waals surface area (Å²) in [6.07, 6.45) is 3.91. The highest BCUT2D eigenvalue weighted by atomic mass is 16.5. The van der Waals surface area contributed by atoms with E-state index in [0.29, 0.717) is 19.6 Å². The Morgan fingerprint density at radius 2 is 1.96 bits per heavy atom. The number of likely N-dealkylation sites (tertiary alicyclic amines) is 1. The summed E-state index contributed by atoms with van der Waals surface area (Å²) >= 11 is 0. The first kappa shape index (κ1) is 19.9. The van der Waals surface area contributed by atoms with Crippen molar-refractivity contribution in [3.05, 3.63) is 11.3 Å². The lowest BCUT2D eigenvalue weighted by molar-refractivity contribution is -0.138. The predicted molar refractivity (Wildman–Crippen MR) is 107 cm³/mol. The zero-order valence-electron chi connectivity index (χ0n) is 17.4.